The summed E-state index contributed by atoms with van der Waals surface area (Å²) in [6.45, 7) is 0. The number of thioether (sulfide) groups is 1. The van der Waals surface area contributed by atoms with E-state index in [0.717, 1.165) is 4.88 Å². The minimum atomic E-state index is -0.597. The number of hydrogen-bond acceptors (Lipinski definition) is 8. The predicted molar refractivity (Wildman–Crippen MR) is 83.5 cm³/mol. The second-order valence-electron chi connectivity index (χ2n) is 3.98. The van der Waals surface area contributed by atoms with Crippen LogP contribution in [0.25, 0.3) is 10.7 Å². The SMILES string of the molecule is CSc1nnc(-c2cccs2)n1/N=C/c1ccc([N+](=O)[O-])o1. The molecule has 3 heterocycles. The highest BCUT2D eigenvalue weighted by molar-refractivity contribution is 7.98. The molecular weight excluding hydrogens is 326 g/mol. The van der Waals surface area contributed by atoms with Crippen molar-refractivity contribution in [2.75, 3.05) is 6.26 Å². The van der Waals surface area contributed by atoms with Crippen LogP contribution < -0.4 is 0 Å². The molecule has 0 saturated heterocycles. The summed E-state index contributed by atoms with van der Waals surface area (Å²) in [4.78, 5) is 10.9. The van der Waals surface area contributed by atoms with Gasteiger partial charge in [0.1, 0.15) is 4.92 Å². The van der Waals surface area contributed by atoms with E-state index in [1.54, 1.807) is 4.68 Å². The zero-order valence-corrected chi connectivity index (χ0v) is 12.9. The Bertz CT molecular complexity index is 822. The lowest BCUT2D eigenvalue weighted by Gasteiger charge is -1.99. The molecule has 0 saturated carbocycles. The summed E-state index contributed by atoms with van der Waals surface area (Å²) in [5, 5.41) is 25.6. The topological polar surface area (TPSA) is 99.3 Å². The van der Waals surface area contributed by atoms with Crippen LogP contribution in [0.15, 0.2) is 44.3 Å². The minimum Gasteiger partial charge on any atom is -0.400 e. The molecule has 3 aromatic heterocycles. The average Bonchev–Trinajstić information content (AvgIpc) is 3.24. The zero-order chi connectivity index (χ0) is 15.5. The van der Waals surface area contributed by atoms with Gasteiger partial charge in [-0.3, -0.25) is 10.1 Å². The molecule has 0 aliphatic heterocycles. The Balaban J connectivity index is 1.95. The third-order valence-corrected chi connectivity index (χ3v) is 4.11. The average molecular weight is 335 g/mol. The fraction of sp³-hybridized carbons (Fsp3) is 0.0833. The fourth-order valence-electron chi connectivity index (χ4n) is 1.68. The molecule has 0 unspecified atom stereocenters. The summed E-state index contributed by atoms with van der Waals surface area (Å²) >= 11 is 2.92. The van der Waals surface area contributed by atoms with Gasteiger partial charge in [0.2, 0.25) is 5.16 Å². The maximum absolute atomic E-state index is 10.6. The maximum Gasteiger partial charge on any atom is 0.433 e. The number of nitrogens with zero attached hydrogens (tertiary/aromatic N) is 5. The summed E-state index contributed by atoms with van der Waals surface area (Å²) in [5.74, 6) is 0.565. The minimum absolute atomic E-state index is 0.282. The Hall–Kier alpha value is -2.46. The smallest absolute Gasteiger partial charge is 0.400 e. The van der Waals surface area contributed by atoms with Crippen molar-refractivity contribution in [1.29, 1.82) is 0 Å². The van der Waals surface area contributed by atoms with Crippen molar-refractivity contribution in [2.45, 2.75) is 5.16 Å². The Kier molecular flexibility index (Phi) is 4.02. The van der Waals surface area contributed by atoms with Crippen LogP contribution in [0, 0.1) is 10.1 Å². The molecule has 0 atom stereocenters. The summed E-state index contributed by atoms with van der Waals surface area (Å²) < 4.78 is 6.61. The monoisotopic (exact) mass is 335 g/mol. The van der Waals surface area contributed by atoms with E-state index in [0.29, 0.717) is 11.0 Å². The Labute approximate surface area is 132 Å². The van der Waals surface area contributed by atoms with Crippen LogP contribution in [0.5, 0.6) is 0 Å². The molecule has 8 nitrogen and oxygen atoms in total. The van der Waals surface area contributed by atoms with Crippen LogP contribution in [0.2, 0.25) is 0 Å². The number of rotatable bonds is 5. The van der Waals surface area contributed by atoms with Crippen LogP contribution in [-0.4, -0.2) is 32.3 Å². The van der Waals surface area contributed by atoms with Gasteiger partial charge in [-0.05, 0) is 23.8 Å². The molecule has 0 N–H and O–H groups in total. The van der Waals surface area contributed by atoms with E-state index in [1.165, 1.54) is 41.4 Å². The molecule has 0 aliphatic carbocycles. The van der Waals surface area contributed by atoms with Crippen molar-refractivity contribution in [3.8, 4) is 10.7 Å². The largest absolute Gasteiger partial charge is 0.433 e. The first-order chi connectivity index (χ1) is 10.7. The molecule has 0 bridgehead atoms. The summed E-state index contributed by atoms with van der Waals surface area (Å²) in [6, 6.07) is 6.60. The second-order valence-corrected chi connectivity index (χ2v) is 5.70. The van der Waals surface area contributed by atoms with Gasteiger partial charge in [0.15, 0.2) is 11.6 Å². The van der Waals surface area contributed by atoms with Crippen LogP contribution in [0.4, 0.5) is 5.88 Å². The highest BCUT2D eigenvalue weighted by Crippen LogP contribution is 2.26. The van der Waals surface area contributed by atoms with Crippen molar-refractivity contribution in [3.05, 3.63) is 45.5 Å². The molecule has 3 aromatic rings. The molecule has 22 heavy (non-hydrogen) atoms. The molecule has 112 valence electrons. The van der Waals surface area contributed by atoms with Gasteiger partial charge in [0.25, 0.3) is 0 Å². The van der Waals surface area contributed by atoms with E-state index < -0.39 is 4.92 Å². The van der Waals surface area contributed by atoms with Crippen molar-refractivity contribution >= 4 is 35.2 Å². The third kappa shape index (κ3) is 2.78. The molecule has 3 rings (SSSR count). The Morgan fingerprint density at radius 1 is 1.45 bits per heavy atom. The van der Waals surface area contributed by atoms with Gasteiger partial charge in [-0.15, -0.1) is 21.5 Å². The first kappa shape index (κ1) is 14.5. The molecular formula is C12H9N5O3S2. The van der Waals surface area contributed by atoms with Gasteiger partial charge in [-0.1, -0.05) is 17.8 Å². The van der Waals surface area contributed by atoms with Gasteiger partial charge in [0.05, 0.1) is 17.2 Å². The highest BCUT2D eigenvalue weighted by Gasteiger charge is 2.14. The molecule has 0 radical (unpaired) electrons. The van der Waals surface area contributed by atoms with E-state index >= 15 is 0 Å². The van der Waals surface area contributed by atoms with Crippen molar-refractivity contribution in [3.63, 3.8) is 0 Å². The van der Waals surface area contributed by atoms with Crippen LogP contribution in [0.3, 0.4) is 0 Å². The number of aromatic nitrogens is 3. The van der Waals surface area contributed by atoms with Gasteiger partial charge < -0.3 is 4.42 Å². The number of hydrogen-bond donors (Lipinski definition) is 0. The molecule has 0 fully saturated rings. The standard InChI is InChI=1S/C12H9N5O3S2/c1-21-12-15-14-11(9-3-2-6-22-9)16(12)13-7-8-4-5-10(20-8)17(18)19/h2-7H,1H3/b13-7+. The number of nitro groups is 1. The second kappa shape index (κ2) is 6.12. The molecule has 0 amide bonds. The third-order valence-electron chi connectivity index (χ3n) is 2.63. The molecule has 0 aliphatic rings. The first-order valence-corrected chi connectivity index (χ1v) is 8.11. The maximum atomic E-state index is 10.6. The Morgan fingerprint density at radius 2 is 2.32 bits per heavy atom. The number of furan rings is 1. The van der Waals surface area contributed by atoms with Crippen LogP contribution in [0.1, 0.15) is 5.76 Å². The van der Waals surface area contributed by atoms with Crippen molar-refractivity contribution < 1.29 is 9.34 Å². The first-order valence-electron chi connectivity index (χ1n) is 6.01. The lowest BCUT2D eigenvalue weighted by molar-refractivity contribution is -0.402. The quantitative estimate of drug-likeness (QED) is 0.307. The van der Waals surface area contributed by atoms with E-state index in [2.05, 4.69) is 15.3 Å². The summed E-state index contributed by atoms with van der Waals surface area (Å²) in [7, 11) is 0. The van der Waals surface area contributed by atoms with Gasteiger partial charge in [-0.2, -0.15) is 9.78 Å². The van der Waals surface area contributed by atoms with Gasteiger partial charge in [0, 0.05) is 0 Å². The van der Waals surface area contributed by atoms with Crippen LogP contribution >= 0.6 is 23.1 Å². The highest BCUT2D eigenvalue weighted by atomic mass is 32.2. The molecule has 0 aromatic carbocycles. The van der Waals surface area contributed by atoms with Gasteiger partial charge in [-0.25, -0.2) is 0 Å². The number of thiophene rings is 1. The zero-order valence-electron chi connectivity index (χ0n) is 11.2. The lowest BCUT2D eigenvalue weighted by atomic mass is 10.4. The predicted octanol–water partition coefficient (Wildman–Crippen LogP) is 3.11. The van der Waals surface area contributed by atoms with E-state index in [4.69, 9.17) is 4.42 Å². The molecule has 10 heteroatoms. The van der Waals surface area contributed by atoms with E-state index in [1.807, 2.05) is 23.8 Å². The molecule has 0 spiro atoms. The lowest BCUT2D eigenvalue weighted by Crippen LogP contribution is -1.95. The van der Waals surface area contributed by atoms with Crippen LogP contribution in [-0.2, 0) is 0 Å². The summed E-state index contributed by atoms with van der Waals surface area (Å²) in [5.41, 5.74) is 0. The normalized spacial score (nSPS) is 11.3. The van der Waals surface area contributed by atoms with E-state index in [9.17, 15) is 10.1 Å². The fourth-order valence-corrected chi connectivity index (χ4v) is 2.80. The van der Waals surface area contributed by atoms with Crippen molar-refractivity contribution in [1.82, 2.24) is 14.9 Å². The van der Waals surface area contributed by atoms with E-state index in [-0.39, 0.29) is 11.6 Å². The Morgan fingerprint density at radius 3 is 2.95 bits per heavy atom. The van der Waals surface area contributed by atoms with Crippen molar-refractivity contribution in [2.24, 2.45) is 5.10 Å². The van der Waals surface area contributed by atoms with Gasteiger partial charge >= 0.3 is 5.88 Å². The summed E-state index contributed by atoms with van der Waals surface area (Å²) in [6.07, 6.45) is 3.26.